The molecule has 1 aliphatic rings. The van der Waals surface area contributed by atoms with Crippen LogP contribution < -0.4 is 0 Å². The second kappa shape index (κ2) is 3.00. The molecule has 0 radical (unpaired) electrons. The molecule has 2 unspecified atom stereocenters. The van der Waals surface area contributed by atoms with Crippen LogP contribution in [0.1, 0.15) is 40.5 Å². The third-order valence-corrected chi connectivity index (χ3v) is 2.85. The van der Waals surface area contributed by atoms with Crippen molar-refractivity contribution in [3.8, 4) is 0 Å². The van der Waals surface area contributed by atoms with Crippen LogP contribution in [0.5, 0.6) is 0 Å². The van der Waals surface area contributed by atoms with Crippen LogP contribution in [-0.4, -0.2) is 17.5 Å². The highest BCUT2D eigenvalue weighted by atomic mass is 16.6. The Kier molecular flexibility index (Phi) is 2.50. The van der Waals surface area contributed by atoms with Crippen LogP contribution in [0.4, 0.5) is 0 Å². The van der Waals surface area contributed by atoms with E-state index in [1.165, 1.54) is 0 Å². The maximum absolute atomic E-state index is 9.96. The Hall–Kier alpha value is -0.0800. The molecule has 1 rings (SSSR count). The van der Waals surface area contributed by atoms with Crippen molar-refractivity contribution >= 4 is 0 Å². The van der Waals surface area contributed by atoms with E-state index in [1.54, 1.807) is 0 Å². The van der Waals surface area contributed by atoms with Crippen LogP contribution in [0.3, 0.4) is 0 Å². The predicted molar refractivity (Wildman–Crippen MR) is 48.8 cm³/mol. The summed E-state index contributed by atoms with van der Waals surface area (Å²) in [7, 11) is 0. The van der Waals surface area contributed by atoms with Gasteiger partial charge in [-0.25, -0.2) is 0 Å². The first-order valence-corrected chi connectivity index (χ1v) is 4.76. The Morgan fingerprint density at radius 3 is 2.50 bits per heavy atom. The fourth-order valence-electron chi connectivity index (χ4n) is 1.96. The van der Waals surface area contributed by atoms with Gasteiger partial charge in [0.1, 0.15) is 0 Å². The van der Waals surface area contributed by atoms with Crippen molar-refractivity contribution in [2.75, 3.05) is 6.61 Å². The van der Waals surface area contributed by atoms with Crippen molar-refractivity contribution in [1.82, 2.24) is 0 Å². The lowest BCUT2D eigenvalue weighted by Gasteiger charge is -2.44. The molecule has 0 amide bonds. The molecule has 0 aromatic heterocycles. The molecular weight excluding hydrogens is 152 g/mol. The van der Waals surface area contributed by atoms with Crippen molar-refractivity contribution in [2.45, 2.75) is 46.3 Å². The van der Waals surface area contributed by atoms with Gasteiger partial charge in [-0.1, -0.05) is 27.7 Å². The topological polar surface area (TPSA) is 29.5 Å². The van der Waals surface area contributed by atoms with E-state index in [1.807, 2.05) is 6.92 Å². The lowest BCUT2D eigenvalue weighted by atomic mass is 9.77. The number of rotatable bonds is 1. The molecular formula is C10H20O2. The second-order valence-electron chi connectivity index (χ2n) is 4.76. The minimum Gasteiger partial charge on any atom is -0.365 e. The zero-order chi connectivity index (χ0) is 9.41. The monoisotopic (exact) mass is 172 g/mol. The van der Waals surface area contributed by atoms with Crippen LogP contribution in [0.25, 0.3) is 0 Å². The van der Waals surface area contributed by atoms with Crippen LogP contribution in [0, 0.1) is 11.3 Å². The highest BCUT2D eigenvalue weighted by Gasteiger charge is 2.42. The van der Waals surface area contributed by atoms with Gasteiger partial charge in [0.2, 0.25) is 0 Å². The molecule has 0 aromatic carbocycles. The fraction of sp³-hybridized carbons (Fsp3) is 1.00. The molecule has 2 heteroatoms. The van der Waals surface area contributed by atoms with E-state index in [2.05, 4.69) is 20.8 Å². The zero-order valence-corrected chi connectivity index (χ0v) is 8.55. The summed E-state index contributed by atoms with van der Waals surface area (Å²) in [4.78, 5) is 0. The standard InChI is InChI=1S/C10H20O2/c1-5-10(11)8(2)6-9(3,4)7-12-10/h8,11H,5-7H2,1-4H3. The molecule has 12 heavy (non-hydrogen) atoms. The maximum Gasteiger partial charge on any atom is 0.167 e. The van der Waals surface area contributed by atoms with Crippen molar-refractivity contribution in [1.29, 1.82) is 0 Å². The summed E-state index contributed by atoms with van der Waals surface area (Å²) in [6.07, 6.45) is 1.72. The van der Waals surface area contributed by atoms with Gasteiger partial charge < -0.3 is 9.84 Å². The first kappa shape index (κ1) is 10.0. The lowest BCUT2D eigenvalue weighted by Crippen LogP contribution is -2.48. The molecule has 72 valence electrons. The summed E-state index contributed by atoms with van der Waals surface area (Å²) in [5.41, 5.74) is 0.223. The average Bonchev–Trinajstić information content (AvgIpc) is 1.97. The van der Waals surface area contributed by atoms with Gasteiger partial charge >= 0.3 is 0 Å². The van der Waals surface area contributed by atoms with Gasteiger partial charge in [0.05, 0.1) is 6.61 Å². The summed E-state index contributed by atoms with van der Waals surface area (Å²) in [6.45, 7) is 9.05. The third kappa shape index (κ3) is 1.80. The highest BCUT2D eigenvalue weighted by Crippen LogP contribution is 2.39. The molecule has 0 spiro atoms. The summed E-state index contributed by atoms with van der Waals surface area (Å²) in [5, 5.41) is 9.96. The summed E-state index contributed by atoms with van der Waals surface area (Å²) in [6, 6.07) is 0. The molecule has 1 aliphatic heterocycles. The largest absolute Gasteiger partial charge is 0.365 e. The summed E-state index contributed by atoms with van der Waals surface area (Å²) >= 11 is 0. The van der Waals surface area contributed by atoms with E-state index in [0.717, 1.165) is 6.42 Å². The van der Waals surface area contributed by atoms with Crippen molar-refractivity contribution in [3.05, 3.63) is 0 Å². The van der Waals surface area contributed by atoms with E-state index in [4.69, 9.17) is 4.74 Å². The van der Waals surface area contributed by atoms with Crippen LogP contribution in [0.2, 0.25) is 0 Å². The molecule has 2 atom stereocenters. The van der Waals surface area contributed by atoms with E-state index in [0.29, 0.717) is 13.0 Å². The predicted octanol–water partition coefficient (Wildman–Crippen LogP) is 2.17. The lowest BCUT2D eigenvalue weighted by molar-refractivity contribution is -0.277. The zero-order valence-electron chi connectivity index (χ0n) is 8.55. The summed E-state index contributed by atoms with van der Waals surface area (Å²) < 4.78 is 5.50. The first-order chi connectivity index (χ1) is 5.40. The van der Waals surface area contributed by atoms with E-state index >= 15 is 0 Å². The van der Waals surface area contributed by atoms with Crippen molar-refractivity contribution < 1.29 is 9.84 Å². The second-order valence-corrected chi connectivity index (χ2v) is 4.76. The molecule has 1 saturated heterocycles. The normalized spacial score (nSPS) is 41.2. The highest BCUT2D eigenvalue weighted by molar-refractivity contribution is 4.85. The van der Waals surface area contributed by atoms with Crippen molar-refractivity contribution in [2.24, 2.45) is 11.3 Å². The first-order valence-electron chi connectivity index (χ1n) is 4.76. The molecule has 0 bridgehead atoms. The van der Waals surface area contributed by atoms with Gasteiger partial charge in [0, 0.05) is 5.92 Å². The molecule has 0 aromatic rings. The SMILES string of the molecule is CCC1(O)OCC(C)(C)CC1C. The molecule has 1 heterocycles. The molecule has 1 fully saturated rings. The molecule has 0 saturated carbocycles. The quantitative estimate of drug-likeness (QED) is 0.657. The van der Waals surface area contributed by atoms with Gasteiger partial charge in [-0.3, -0.25) is 0 Å². The van der Waals surface area contributed by atoms with Gasteiger partial charge in [-0.05, 0) is 18.3 Å². The number of aliphatic hydroxyl groups is 1. The number of hydrogen-bond donors (Lipinski definition) is 1. The van der Waals surface area contributed by atoms with Crippen LogP contribution in [0.15, 0.2) is 0 Å². The smallest absolute Gasteiger partial charge is 0.167 e. The van der Waals surface area contributed by atoms with Gasteiger partial charge in [-0.2, -0.15) is 0 Å². The van der Waals surface area contributed by atoms with E-state index < -0.39 is 5.79 Å². The fourth-order valence-corrected chi connectivity index (χ4v) is 1.96. The third-order valence-electron chi connectivity index (χ3n) is 2.85. The van der Waals surface area contributed by atoms with Crippen LogP contribution >= 0.6 is 0 Å². The van der Waals surface area contributed by atoms with Gasteiger partial charge in [0.25, 0.3) is 0 Å². The molecule has 0 aliphatic carbocycles. The van der Waals surface area contributed by atoms with Crippen molar-refractivity contribution in [3.63, 3.8) is 0 Å². The number of ether oxygens (including phenoxy) is 1. The Bertz CT molecular complexity index is 165. The minimum atomic E-state index is -0.866. The number of hydrogen-bond acceptors (Lipinski definition) is 2. The average molecular weight is 172 g/mol. The van der Waals surface area contributed by atoms with E-state index in [9.17, 15) is 5.11 Å². The van der Waals surface area contributed by atoms with E-state index in [-0.39, 0.29) is 11.3 Å². The van der Waals surface area contributed by atoms with Gasteiger partial charge in [0.15, 0.2) is 5.79 Å². The maximum atomic E-state index is 9.96. The summed E-state index contributed by atoms with van der Waals surface area (Å²) in [5.74, 6) is -0.624. The Morgan fingerprint density at radius 2 is 2.08 bits per heavy atom. The minimum absolute atomic E-state index is 0.223. The van der Waals surface area contributed by atoms with Crippen LogP contribution in [-0.2, 0) is 4.74 Å². The Balaban J connectivity index is 2.65. The molecule has 1 N–H and O–H groups in total. The molecule has 2 nitrogen and oxygen atoms in total. The van der Waals surface area contributed by atoms with Gasteiger partial charge in [-0.15, -0.1) is 0 Å². The Labute approximate surface area is 74.9 Å². The Morgan fingerprint density at radius 1 is 1.50 bits per heavy atom.